The molecule has 0 bridgehead atoms. The summed E-state index contributed by atoms with van der Waals surface area (Å²) in [5.41, 5.74) is 0.789. The quantitative estimate of drug-likeness (QED) is 0.850. The molecule has 0 aliphatic rings. The molecule has 1 aromatic carbocycles. The van der Waals surface area contributed by atoms with Crippen LogP contribution in [-0.2, 0) is 11.3 Å². The predicted octanol–water partition coefficient (Wildman–Crippen LogP) is 4.23. The molecule has 2 aromatic rings. The number of nitrogens with one attached hydrogen (secondary N) is 1. The molecule has 0 radical (unpaired) electrons. The fraction of sp³-hybridized carbons (Fsp3) is 0.214. The van der Waals surface area contributed by atoms with Crippen molar-refractivity contribution < 1.29 is 4.79 Å². The summed E-state index contributed by atoms with van der Waals surface area (Å²) in [6.07, 6.45) is 0. The van der Waals surface area contributed by atoms with Gasteiger partial charge in [-0.05, 0) is 37.4 Å². The van der Waals surface area contributed by atoms with Crippen LogP contribution in [0.1, 0.15) is 4.88 Å². The van der Waals surface area contributed by atoms with E-state index in [1.807, 2.05) is 48.3 Å². The summed E-state index contributed by atoms with van der Waals surface area (Å²) in [4.78, 5) is 15.0. The molecule has 0 fully saturated rings. The van der Waals surface area contributed by atoms with Crippen molar-refractivity contribution in [2.75, 3.05) is 18.9 Å². The summed E-state index contributed by atoms with van der Waals surface area (Å²) in [5.74, 6) is -0.0340. The third-order valence-corrected chi connectivity index (χ3v) is 4.29. The van der Waals surface area contributed by atoms with E-state index in [9.17, 15) is 4.79 Å². The number of rotatable bonds is 5. The van der Waals surface area contributed by atoms with Gasteiger partial charge in [-0.1, -0.05) is 33.6 Å². The van der Waals surface area contributed by atoms with Gasteiger partial charge in [0.1, 0.15) is 0 Å². The molecule has 1 heterocycles. The molecule has 1 N–H and O–H groups in total. The Hall–Kier alpha value is -0.880. The Kier molecular flexibility index (Phi) is 5.60. The van der Waals surface area contributed by atoms with Crippen LogP contribution in [0.5, 0.6) is 0 Å². The Morgan fingerprint density at radius 2 is 2.20 bits per heavy atom. The predicted molar refractivity (Wildman–Crippen MR) is 88.4 cm³/mol. The van der Waals surface area contributed by atoms with Gasteiger partial charge in [0, 0.05) is 21.6 Å². The summed E-state index contributed by atoms with van der Waals surface area (Å²) in [7, 11) is 1.91. The lowest BCUT2D eigenvalue weighted by molar-refractivity contribution is -0.117. The first-order chi connectivity index (χ1) is 9.52. The van der Waals surface area contributed by atoms with Gasteiger partial charge in [-0.3, -0.25) is 9.69 Å². The van der Waals surface area contributed by atoms with Crippen molar-refractivity contribution in [2.24, 2.45) is 0 Å². The highest BCUT2D eigenvalue weighted by Crippen LogP contribution is 2.22. The number of thiophene rings is 1. The largest absolute Gasteiger partial charge is 0.325 e. The van der Waals surface area contributed by atoms with Crippen molar-refractivity contribution >= 4 is 50.5 Å². The van der Waals surface area contributed by atoms with Gasteiger partial charge < -0.3 is 5.32 Å². The molecular weight excluding hydrogens is 360 g/mol. The van der Waals surface area contributed by atoms with Gasteiger partial charge in [-0.15, -0.1) is 11.3 Å². The lowest BCUT2D eigenvalue weighted by atomic mass is 10.3. The third kappa shape index (κ3) is 4.90. The van der Waals surface area contributed by atoms with Gasteiger partial charge in [-0.2, -0.15) is 0 Å². The van der Waals surface area contributed by atoms with Crippen molar-refractivity contribution in [3.63, 3.8) is 0 Å². The number of benzene rings is 1. The van der Waals surface area contributed by atoms with E-state index in [2.05, 4.69) is 21.2 Å². The fourth-order valence-electron chi connectivity index (χ4n) is 1.77. The molecule has 106 valence electrons. The van der Waals surface area contributed by atoms with Crippen molar-refractivity contribution in [1.82, 2.24) is 4.90 Å². The number of halogens is 2. The van der Waals surface area contributed by atoms with Crippen LogP contribution in [0.3, 0.4) is 0 Å². The summed E-state index contributed by atoms with van der Waals surface area (Å²) >= 11 is 10.8. The highest BCUT2D eigenvalue weighted by atomic mass is 79.9. The number of carbonyl (C=O) groups excluding carboxylic acids is 1. The molecule has 0 aliphatic carbocycles. The number of hydrogen-bond acceptors (Lipinski definition) is 3. The monoisotopic (exact) mass is 372 g/mol. The average molecular weight is 374 g/mol. The molecule has 0 spiro atoms. The molecule has 20 heavy (non-hydrogen) atoms. The van der Waals surface area contributed by atoms with Crippen molar-refractivity contribution in [3.8, 4) is 0 Å². The number of carbonyl (C=O) groups is 1. The van der Waals surface area contributed by atoms with Crippen LogP contribution in [0.2, 0.25) is 4.34 Å². The zero-order valence-corrected chi connectivity index (χ0v) is 14.1. The number of hydrogen-bond donors (Lipinski definition) is 1. The molecule has 0 atom stereocenters. The number of likely N-dealkylation sites (N-methyl/N-ethyl adjacent to an activating group) is 1. The maximum atomic E-state index is 11.9. The number of amides is 1. The van der Waals surface area contributed by atoms with Gasteiger partial charge >= 0.3 is 0 Å². The first-order valence-corrected chi connectivity index (χ1v) is 8.00. The van der Waals surface area contributed by atoms with E-state index in [0.29, 0.717) is 13.1 Å². The summed E-state index contributed by atoms with van der Waals surface area (Å²) in [6.45, 7) is 1.05. The van der Waals surface area contributed by atoms with Crippen LogP contribution < -0.4 is 5.32 Å². The Bertz CT molecular complexity index is 602. The van der Waals surface area contributed by atoms with Gasteiger partial charge in [0.25, 0.3) is 0 Å². The van der Waals surface area contributed by atoms with Crippen molar-refractivity contribution in [3.05, 3.63) is 50.1 Å². The Labute approximate surface area is 135 Å². The molecule has 1 aromatic heterocycles. The lowest BCUT2D eigenvalue weighted by Gasteiger charge is -2.15. The fourth-order valence-corrected chi connectivity index (χ4v) is 3.34. The van der Waals surface area contributed by atoms with E-state index in [-0.39, 0.29) is 5.91 Å². The van der Waals surface area contributed by atoms with Gasteiger partial charge in [-0.25, -0.2) is 0 Å². The summed E-state index contributed by atoms with van der Waals surface area (Å²) in [5, 5.41) is 2.87. The molecule has 1 amide bonds. The Morgan fingerprint density at radius 3 is 2.85 bits per heavy atom. The van der Waals surface area contributed by atoms with Gasteiger partial charge in [0.2, 0.25) is 5.91 Å². The number of nitrogens with zero attached hydrogens (tertiary/aromatic N) is 1. The zero-order valence-electron chi connectivity index (χ0n) is 10.9. The van der Waals surface area contributed by atoms with E-state index >= 15 is 0 Å². The minimum atomic E-state index is -0.0340. The smallest absolute Gasteiger partial charge is 0.238 e. The van der Waals surface area contributed by atoms with E-state index < -0.39 is 0 Å². The molecule has 3 nitrogen and oxygen atoms in total. The van der Waals surface area contributed by atoms with Crippen LogP contribution in [-0.4, -0.2) is 24.4 Å². The molecule has 0 saturated carbocycles. The first kappa shape index (κ1) is 15.5. The molecule has 6 heteroatoms. The second-order valence-electron chi connectivity index (χ2n) is 4.44. The van der Waals surface area contributed by atoms with Crippen LogP contribution in [0.25, 0.3) is 0 Å². The van der Waals surface area contributed by atoms with Crippen LogP contribution in [0.4, 0.5) is 5.69 Å². The maximum Gasteiger partial charge on any atom is 0.238 e. The molecular formula is C14H14BrClN2OS. The summed E-state index contributed by atoms with van der Waals surface area (Å²) in [6, 6.07) is 11.4. The summed E-state index contributed by atoms with van der Waals surface area (Å²) < 4.78 is 1.71. The molecule has 2 rings (SSSR count). The van der Waals surface area contributed by atoms with E-state index in [4.69, 9.17) is 11.6 Å². The normalized spacial score (nSPS) is 10.8. The van der Waals surface area contributed by atoms with Crippen LogP contribution in [0, 0.1) is 0 Å². The Morgan fingerprint density at radius 1 is 1.40 bits per heavy atom. The second-order valence-corrected chi connectivity index (χ2v) is 7.15. The lowest BCUT2D eigenvalue weighted by Crippen LogP contribution is -2.29. The molecule has 0 saturated heterocycles. The zero-order chi connectivity index (χ0) is 14.5. The third-order valence-electron chi connectivity index (χ3n) is 2.58. The Balaban J connectivity index is 1.84. The number of anilines is 1. The van der Waals surface area contributed by atoms with E-state index in [0.717, 1.165) is 19.4 Å². The molecule has 0 aliphatic heterocycles. The second kappa shape index (κ2) is 7.22. The van der Waals surface area contributed by atoms with E-state index in [1.54, 1.807) is 0 Å². The highest BCUT2D eigenvalue weighted by Gasteiger charge is 2.09. The standard InChI is InChI=1S/C14H14BrClN2OS/c1-18(8-12-5-6-13(16)20-12)9-14(19)17-11-4-2-3-10(15)7-11/h2-7H,8-9H2,1H3,(H,17,19). The van der Waals surface area contributed by atoms with Gasteiger partial charge in [0.05, 0.1) is 10.9 Å². The van der Waals surface area contributed by atoms with Crippen molar-refractivity contribution in [1.29, 1.82) is 0 Å². The molecule has 0 unspecified atom stereocenters. The topological polar surface area (TPSA) is 32.3 Å². The minimum absolute atomic E-state index is 0.0340. The van der Waals surface area contributed by atoms with Crippen LogP contribution >= 0.6 is 38.9 Å². The maximum absolute atomic E-state index is 11.9. The van der Waals surface area contributed by atoms with Crippen LogP contribution in [0.15, 0.2) is 40.9 Å². The highest BCUT2D eigenvalue weighted by molar-refractivity contribution is 9.10. The van der Waals surface area contributed by atoms with Crippen molar-refractivity contribution in [2.45, 2.75) is 6.54 Å². The first-order valence-electron chi connectivity index (χ1n) is 6.01. The SMILES string of the molecule is CN(CC(=O)Nc1cccc(Br)c1)Cc1ccc(Cl)s1. The minimum Gasteiger partial charge on any atom is -0.325 e. The average Bonchev–Trinajstić information content (AvgIpc) is 2.74. The van der Waals surface area contributed by atoms with Gasteiger partial charge in [0.15, 0.2) is 0 Å². The van der Waals surface area contributed by atoms with E-state index in [1.165, 1.54) is 11.3 Å².